The number of halogens is 1. The highest BCUT2D eigenvalue weighted by Gasteiger charge is 2.11. The maximum Gasteiger partial charge on any atom is 0.224 e. The predicted molar refractivity (Wildman–Crippen MR) is 62.7 cm³/mol. The van der Waals surface area contributed by atoms with E-state index in [1.54, 1.807) is 24.0 Å². The number of anilines is 1. The first-order valence-corrected chi connectivity index (χ1v) is 5.49. The summed E-state index contributed by atoms with van der Waals surface area (Å²) in [4.78, 5) is 12.1. The summed E-state index contributed by atoms with van der Waals surface area (Å²) in [6.45, 7) is 2.05. The van der Waals surface area contributed by atoms with E-state index in [4.69, 9.17) is 0 Å². The SMILES string of the molecule is CCCc1nccn1-c1nc(NC)ncc1F. The molecule has 0 saturated heterocycles. The fraction of sp³-hybridized carbons (Fsp3) is 0.364. The van der Waals surface area contributed by atoms with Crippen LogP contribution in [0.2, 0.25) is 0 Å². The summed E-state index contributed by atoms with van der Waals surface area (Å²) >= 11 is 0. The van der Waals surface area contributed by atoms with Gasteiger partial charge in [0.25, 0.3) is 0 Å². The molecule has 2 aromatic heterocycles. The molecular formula is C11H14FN5. The first kappa shape index (κ1) is 11.5. The predicted octanol–water partition coefficient (Wildman–Crippen LogP) is 1.80. The number of aryl methyl sites for hydroxylation is 1. The van der Waals surface area contributed by atoms with Crippen molar-refractivity contribution in [3.63, 3.8) is 0 Å². The third-order valence-electron chi connectivity index (χ3n) is 2.37. The Morgan fingerprint density at radius 2 is 2.24 bits per heavy atom. The second kappa shape index (κ2) is 4.90. The van der Waals surface area contributed by atoms with E-state index in [1.807, 2.05) is 6.92 Å². The molecule has 0 unspecified atom stereocenters. The van der Waals surface area contributed by atoms with E-state index in [0.717, 1.165) is 24.9 Å². The Bertz CT molecular complexity index is 508. The van der Waals surface area contributed by atoms with Crippen LogP contribution in [0.3, 0.4) is 0 Å². The Kier molecular flexibility index (Phi) is 3.32. The molecule has 0 bridgehead atoms. The molecule has 2 heterocycles. The zero-order valence-corrected chi connectivity index (χ0v) is 9.81. The van der Waals surface area contributed by atoms with Gasteiger partial charge < -0.3 is 5.32 Å². The molecule has 0 spiro atoms. The smallest absolute Gasteiger partial charge is 0.224 e. The number of hydrogen-bond donors (Lipinski definition) is 1. The van der Waals surface area contributed by atoms with Crippen LogP contribution in [0.25, 0.3) is 5.82 Å². The molecule has 0 aliphatic rings. The fourth-order valence-corrected chi connectivity index (χ4v) is 1.58. The van der Waals surface area contributed by atoms with Gasteiger partial charge >= 0.3 is 0 Å². The molecule has 1 N–H and O–H groups in total. The molecule has 5 nitrogen and oxygen atoms in total. The molecule has 0 radical (unpaired) electrons. The summed E-state index contributed by atoms with van der Waals surface area (Å²) in [6, 6.07) is 0. The quantitative estimate of drug-likeness (QED) is 0.877. The van der Waals surface area contributed by atoms with Crippen molar-refractivity contribution in [2.45, 2.75) is 19.8 Å². The zero-order valence-electron chi connectivity index (χ0n) is 9.81. The van der Waals surface area contributed by atoms with Gasteiger partial charge in [0, 0.05) is 25.9 Å². The maximum absolute atomic E-state index is 13.7. The standard InChI is InChI=1S/C11H14FN5/c1-3-4-9-14-5-6-17(9)10-8(12)7-15-11(13-2)16-10/h5-7H,3-4H2,1-2H3,(H,13,15,16). The van der Waals surface area contributed by atoms with Crippen LogP contribution in [0.1, 0.15) is 19.2 Å². The highest BCUT2D eigenvalue weighted by molar-refractivity contribution is 5.33. The highest BCUT2D eigenvalue weighted by atomic mass is 19.1. The lowest BCUT2D eigenvalue weighted by Crippen LogP contribution is -2.08. The number of aromatic nitrogens is 4. The van der Waals surface area contributed by atoms with Crippen LogP contribution in [0.4, 0.5) is 10.3 Å². The molecule has 6 heteroatoms. The number of hydrogen-bond acceptors (Lipinski definition) is 4. The van der Waals surface area contributed by atoms with Crippen LogP contribution in [-0.2, 0) is 6.42 Å². The van der Waals surface area contributed by atoms with Gasteiger partial charge in [-0.05, 0) is 6.42 Å². The molecule has 0 amide bonds. The molecule has 2 rings (SSSR count). The van der Waals surface area contributed by atoms with Crippen molar-refractivity contribution in [1.82, 2.24) is 19.5 Å². The monoisotopic (exact) mass is 235 g/mol. The van der Waals surface area contributed by atoms with Crippen molar-refractivity contribution in [3.05, 3.63) is 30.2 Å². The number of nitrogens with zero attached hydrogens (tertiary/aromatic N) is 4. The Labute approximate surface area is 98.7 Å². The minimum absolute atomic E-state index is 0.227. The second-order valence-corrected chi connectivity index (χ2v) is 3.58. The van der Waals surface area contributed by atoms with E-state index in [0.29, 0.717) is 5.95 Å². The van der Waals surface area contributed by atoms with Gasteiger partial charge in [-0.1, -0.05) is 6.92 Å². The van der Waals surface area contributed by atoms with Gasteiger partial charge in [-0.25, -0.2) is 14.4 Å². The Morgan fingerprint density at radius 1 is 1.41 bits per heavy atom. The maximum atomic E-state index is 13.7. The molecule has 0 atom stereocenters. The summed E-state index contributed by atoms with van der Waals surface area (Å²) in [5.41, 5.74) is 0. The van der Waals surface area contributed by atoms with Crippen LogP contribution >= 0.6 is 0 Å². The molecule has 0 aliphatic heterocycles. The second-order valence-electron chi connectivity index (χ2n) is 3.58. The molecule has 0 fully saturated rings. The minimum Gasteiger partial charge on any atom is -0.357 e. The molecule has 0 saturated carbocycles. The van der Waals surface area contributed by atoms with Crippen molar-refractivity contribution in [2.24, 2.45) is 0 Å². The van der Waals surface area contributed by atoms with Gasteiger partial charge in [-0.3, -0.25) is 4.57 Å². The van der Waals surface area contributed by atoms with Gasteiger partial charge in [-0.2, -0.15) is 4.98 Å². The molecule has 2 aromatic rings. The average Bonchev–Trinajstić information content (AvgIpc) is 2.78. The van der Waals surface area contributed by atoms with Crippen molar-refractivity contribution < 1.29 is 4.39 Å². The van der Waals surface area contributed by atoms with Crippen LogP contribution in [0, 0.1) is 5.82 Å². The number of rotatable bonds is 4. The zero-order chi connectivity index (χ0) is 12.3. The lowest BCUT2D eigenvalue weighted by molar-refractivity contribution is 0.598. The van der Waals surface area contributed by atoms with Gasteiger partial charge in [0.05, 0.1) is 6.20 Å². The Morgan fingerprint density at radius 3 is 2.94 bits per heavy atom. The normalized spacial score (nSPS) is 10.5. The first-order valence-electron chi connectivity index (χ1n) is 5.49. The molecule has 90 valence electrons. The Hall–Kier alpha value is -1.98. The third kappa shape index (κ3) is 2.25. The topological polar surface area (TPSA) is 55.6 Å². The lowest BCUT2D eigenvalue weighted by atomic mass is 10.3. The summed E-state index contributed by atoms with van der Waals surface area (Å²) < 4.78 is 15.3. The molecule has 0 aliphatic carbocycles. The lowest BCUT2D eigenvalue weighted by Gasteiger charge is -2.08. The third-order valence-corrected chi connectivity index (χ3v) is 2.37. The van der Waals surface area contributed by atoms with Gasteiger partial charge in [-0.15, -0.1) is 0 Å². The van der Waals surface area contributed by atoms with E-state index in [9.17, 15) is 4.39 Å². The van der Waals surface area contributed by atoms with Gasteiger partial charge in [0.15, 0.2) is 11.6 Å². The van der Waals surface area contributed by atoms with Crippen molar-refractivity contribution >= 4 is 5.95 Å². The van der Waals surface area contributed by atoms with Gasteiger partial charge in [0.2, 0.25) is 5.95 Å². The molecular weight excluding hydrogens is 221 g/mol. The van der Waals surface area contributed by atoms with E-state index in [1.165, 1.54) is 0 Å². The van der Waals surface area contributed by atoms with E-state index in [2.05, 4.69) is 20.3 Å². The van der Waals surface area contributed by atoms with Crippen molar-refractivity contribution in [2.75, 3.05) is 12.4 Å². The first-order chi connectivity index (χ1) is 8.26. The van der Waals surface area contributed by atoms with Crippen molar-refractivity contribution in [3.8, 4) is 5.82 Å². The summed E-state index contributed by atoms with van der Waals surface area (Å²) in [7, 11) is 1.69. The largest absolute Gasteiger partial charge is 0.357 e. The van der Waals surface area contributed by atoms with Crippen LogP contribution in [-0.4, -0.2) is 26.6 Å². The van der Waals surface area contributed by atoms with Gasteiger partial charge in [0.1, 0.15) is 5.82 Å². The number of nitrogens with one attached hydrogen (secondary N) is 1. The van der Waals surface area contributed by atoms with E-state index >= 15 is 0 Å². The minimum atomic E-state index is -0.459. The summed E-state index contributed by atoms with van der Waals surface area (Å²) in [5.74, 6) is 0.953. The summed E-state index contributed by atoms with van der Waals surface area (Å²) in [5, 5.41) is 2.79. The Balaban J connectivity index is 2.47. The van der Waals surface area contributed by atoms with E-state index in [-0.39, 0.29) is 5.82 Å². The highest BCUT2D eigenvalue weighted by Crippen LogP contribution is 2.14. The molecule has 0 aromatic carbocycles. The van der Waals surface area contributed by atoms with E-state index < -0.39 is 5.82 Å². The number of imidazole rings is 1. The summed E-state index contributed by atoms with van der Waals surface area (Å²) in [6.07, 6.45) is 6.24. The van der Waals surface area contributed by atoms with Crippen LogP contribution in [0.5, 0.6) is 0 Å². The average molecular weight is 235 g/mol. The molecule has 17 heavy (non-hydrogen) atoms. The van der Waals surface area contributed by atoms with Crippen LogP contribution < -0.4 is 5.32 Å². The van der Waals surface area contributed by atoms with Crippen LogP contribution in [0.15, 0.2) is 18.6 Å². The van der Waals surface area contributed by atoms with Crippen molar-refractivity contribution in [1.29, 1.82) is 0 Å². The fourth-order valence-electron chi connectivity index (χ4n) is 1.58.